The van der Waals surface area contributed by atoms with Crippen molar-refractivity contribution in [2.45, 2.75) is 5.06 Å². The fourth-order valence-corrected chi connectivity index (χ4v) is 2.02. The topological polar surface area (TPSA) is 54.0 Å². The van der Waals surface area contributed by atoms with Gasteiger partial charge in [-0.1, -0.05) is 17.7 Å². The number of carbonyl (C=O) groups excluding carboxylic acids is 1. The van der Waals surface area contributed by atoms with Gasteiger partial charge in [0, 0.05) is 14.2 Å². The van der Waals surface area contributed by atoms with Crippen molar-refractivity contribution in [3.05, 3.63) is 22.4 Å². The Morgan fingerprint density at radius 2 is 2.24 bits per heavy atom. The first-order valence-electron chi connectivity index (χ1n) is 4.76. The van der Waals surface area contributed by atoms with Gasteiger partial charge < -0.3 is 9.47 Å². The number of carbonyl (C=O) groups is 1. The van der Waals surface area contributed by atoms with Crippen molar-refractivity contribution in [3.8, 4) is 0 Å². The molecule has 0 saturated heterocycles. The third kappa shape index (κ3) is 3.65. The van der Waals surface area contributed by atoms with Gasteiger partial charge in [-0.05, 0) is 11.4 Å². The third-order valence-electron chi connectivity index (χ3n) is 1.89. The highest BCUT2D eigenvalue weighted by atomic mass is 35.5. The minimum atomic E-state index is -1.67. The van der Waals surface area contributed by atoms with Crippen molar-refractivity contribution in [2.24, 2.45) is 0 Å². The lowest BCUT2D eigenvalue weighted by Gasteiger charge is -2.20. The molecule has 1 rings (SSSR count). The van der Waals surface area contributed by atoms with Crippen LogP contribution in [0.25, 0.3) is 0 Å². The number of halogens is 1. The summed E-state index contributed by atoms with van der Waals surface area (Å²) in [5, 5.41) is 0.117. The summed E-state index contributed by atoms with van der Waals surface area (Å²) in [6, 6.07) is 3.44. The predicted octanol–water partition coefficient (Wildman–Crippen LogP) is 1.91. The molecule has 0 saturated carbocycles. The molecule has 0 fully saturated rings. The molecule has 0 N–H and O–H groups in total. The SMILES string of the molecule is COCCOOC(=O)C(Cl)(OC)c1cccs1. The van der Waals surface area contributed by atoms with Gasteiger partial charge in [0.05, 0.1) is 11.5 Å². The molecule has 1 atom stereocenters. The molecule has 0 amide bonds. The van der Waals surface area contributed by atoms with Gasteiger partial charge >= 0.3 is 5.97 Å². The number of ether oxygens (including phenoxy) is 2. The lowest BCUT2D eigenvalue weighted by Crippen LogP contribution is -2.33. The van der Waals surface area contributed by atoms with Crippen molar-refractivity contribution >= 4 is 28.9 Å². The van der Waals surface area contributed by atoms with E-state index in [1.807, 2.05) is 0 Å². The molecule has 0 aliphatic rings. The average molecular weight is 281 g/mol. The maximum absolute atomic E-state index is 11.7. The summed E-state index contributed by atoms with van der Waals surface area (Å²) in [5.74, 6) is -0.819. The van der Waals surface area contributed by atoms with E-state index in [9.17, 15) is 4.79 Å². The van der Waals surface area contributed by atoms with Crippen molar-refractivity contribution in [3.63, 3.8) is 0 Å². The smallest absolute Gasteiger partial charge is 0.382 e. The van der Waals surface area contributed by atoms with Gasteiger partial charge in [0.15, 0.2) is 0 Å². The summed E-state index contributed by atoms with van der Waals surface area (Å²) in [7, 11) is 2.83. The second-order valence-corrected chi connectivity index (χ2v) is 4.44. The quantitative estimate of drug-likeness (QED) is 0.330. The van der Waals surface area contributed by atoms with E-state index in [1.54, 1.807) is 17.5 Å². The molecule has 17 heavy (non-hydrogen) atoms. The number of thiophene rings is 1. The molecule has 1 aromatic heterocycles. The third-order valence-corrected chi connectivity index (χ3v) is 3.48. The van der Waals surface area contributed by atoms with Crippen LogP contribution in [-0.2, 0) is 29.1 Å². The first-order chi connectivity index (χ1) is 8.15. The average Bonchev–Trinajstić information content (AvgIpc) is 2.87. The van der Waals surface area contributed by atoms with Crippen LogP contribution in [-0.4, -0.2) is 33.4 Å². The Kier molecular flexibility index (Phi) is 5.87. The highest BCUT2D eigenvalue weighted by Gasteiger charge is 2.42. The highest BCUT2D eigenvalue weighted by molar-refractivity contribution is 7.10. The summed E-state index contributed by atoms with van der Waals surface area (Å²) in [5.41, 5.74) is 0. The van der Waals surface area contributed by atoms with Gasteiger partial charge in [0.25, 0.3) is 5.06 Å². The number of hydrogen-bond donors (Lipinski definition) is 0. The van der Waals surface area contributed by atoms with Gasteiger partial charge in [-0.2, -0.15) is 4.89 Å². The molecule has 7 heteroatoms. The second-order valence-electron chi connectivity index (χ2n) is 2.96. The first kappa shape index (κ1) is 14.4. The van der Waals surface area contributed by atoms with Gasteiger partial charge in [-0.3, -0.25) is 4.89 Å². The molecule has 1 aromatic rings. The fraction of sp³-hybridized carbons (Fsp3) is 0.500. The van der Waals surface area contributed by atoms with Crippen molar-refractivity contribution in [1.82, 2.24) is 0 Å². The Morgan fingerprint density at radius 3 is 2.76 bits per heavy atom. The van der Waals surface area contributed by atoms with Crippen molar-refractivity contribution < 1.29 is 24.0 Å². The van der Waals surface area contributed by atoms with Crippen LogP contribution >= 0.6 is 22.9 Å². The number of alkyl halides is 1. The van der Waals surface area contributed by atoms with E-state index in [0.29, 0.717) is 11.5 Å². The molecule has 5 nitrogen and oxygen atoms in total. The van der Waals surface area contributed by atoms with Crippen LogP contribution in [0, 0.1) is 0 Å². The Balaban J connectivity index is 2.58. The molecular formula is C10H13ClO5S. The van der Waals surface area contributed by atoms with E-state index in [0.717, 1.165) is 0 Å². The van der Waals surface area contributed by atoms with E-state index in [4.69, 9.17) is 21.1 Å². The summed E-state index contributed by atoms with van der Waals surface area (Å²) >= 11 is 7.34. The molecule has 1 heterocycles. The molecule has 0 bridgehead atoms. The van der Waals surface area contributed by atoms with Crippen LogP contribution in [0.15, 0.2) is 17.5 Å². The standard InChI is InChI=1S/C10H13ClO5S/c1-13-5-6-15-16-9(12)10(11,14-2)8-4-3-7-17-8/h3-4,7H,5-6H2,1-2H3. The van der Waals surface area contributed by atoms with Crippen molar-refractivity contribution in [2.75, 3.05) is 27.4 Å². The minimum absolute atomic E-state index is 0.128. The van der Waals surface area contributed by atoms with Gasteiger partial charge in [0.1, 0.15) is 6.61 Å². The first-order valence-corrected chi connectivity index (χ1v) is 6.01. The Morgan fingerprint density at radius 1 is 1.47 bits per heavy atom. The second kappa shape index (κ2) is 6.93. The fourth-order valence-electron chi connectivity index (χ4n) is 1.01. The van der Waals surface area contributed by atoms with E-state index in [1.165, 1.54) is 25.6 Å². The Bertz CT molecular complexity index is 342. The molecule has 0 aliphatic heterocycles. The van der Waals surface area contributed by atoms with Crippen LogP contribution in [0.5, 0.6) is 0 Å². The summed E-state index contributed by atoms with van der Waals surface area (Å²) in [6.07, 6.45) is 0. The van der Waals surface area contributed by atoms with Gasteiger partial charge in [-0.25, -0.2) is 4.79 Å². The normalized spacial score (nSPS) is 14.3. The van der Waals surface area contributed by atoms with Gasteiger partial charge in [0.2, 0.25) is 0 Å². The predicted molar refractivity (Wildman–Crippen MR) is 62.8 cm³/mol. The molecular weight excluding hydrogens is 268 g/mol. The molecule has 0 aliphatic carbocycles. The Hall–Kier alpha value is -0.660. The summed E-state index contributed by atoms with van der Waals surface area (Å²) in [6.45, 7) is 0.442. The van der Waals surface area contributed by atoms with E-state index in [2.05, 4.69) is 9.78 Å². The number of hydrogen-bond acceptors (Lipinski definition) is 6. The zero-order valence-corrected chi connectivity index (χ0v) is 11.0. The molecule has 0 radical (unpaired) electrons. The molecule has 0 spiro atoms. The van der Waals surface area contributed by atoms with Crippen LogP contribution in [0.4, 0.5) is 0 Å². The Labute approximate surface area is 108 Å². The lowest BCUT2D eigenvalue weighted by molar-refractivity contribution is -0.285. The lowest BCUT2D eigenvalue weighted by atomic mass is 10.3. The van der Waals surface area contributed by atoms with Crippen LogP contribution in [0.1, 0.15) is 4.88 Å². The van der Waals surface area contributed by atoms with Crippen molar-refractivity contribution in [1.29, 1.82) is 0 Å². The minimum Gasteiger partial charge on any atom is -0.382 e. The van der Waals surface area contributed by atoms with Crippen LogP contribution in [0.3, 0.4) is 0 Å². The van der Waals surface area contributed by atoms with Crippen LogP contribution in [0.2, 0.25) is 0 Å². The molecule has 0 aromatic carbocycles. The molecule has 96 valence electrons. The zero-order chi connectivity index (χ0) is 12.7. The maximum Gasteiger partial charge on any atom is 0.394 e. The van der Waals surface area contributed by atoms with E-state index < -0.39 is 11.0 Å². The number of methoxy groups -OCH3 is 2. The number of rotatable bonds is 7. The summed E-state index contributed by atoms with van der Waals surface area (Å²) < 4.78 is 9.72. The van der Waals surface area contributed by atoms with E-state index >= 15 is 0 Å². The van der Waals surface area contributed by atoms with Gasteiger partial charge in [-0.15, -0.1) is 11.3 Å². The highest BCUT2D eigenvalue weighted by Crippen LogP contribution is 2.34. The van der Waals surface area contributed by atoms with Crippen LogP contribution < -0.4 is 0 Å². The maximum atomic E-state index is 11.7. The zero-order valence-electron chi connectivity index (χ0n) is 9.47. The molecule has 1 unspecified atom stereocenters. The monoisotopic (exact) mass is 280 g/mol. The summed E-state index contributed by atoms with van der Waals surface area (Å²) in [4.78, 5) is 21.5. The van der Waals surface area contributed by atoms with E-state index in [-0.39, 0.29) is 6.61 Å². The largest absolute Gasteiger partial charge is 0.394 e.